The highest BCUT2D eigenvalue weighted by atomic mass is 35.5. The molecular weight excluding hydrogens is 300 g/mol. The van der Waals surface area contributed by atoms with Gasteiger partial charge in [-0.3, -0.25) is 4.79 Å². The molecule has 2 aromatic rings. The third-order valence-electron chi connectivity index (χ3n) is 2.63. The average Bonchev–Trinajstić information content (AvgIpc) is 2.96. The molecule has 1 amide bonds. The van der Waals surface area contributed by atoms with Crippen LogP contribution >= 0.6 is 22.9 Å². The topological polar surface area (TPSA) is 71.2 Å². The lowest BCUT2D eigenvalue weighted by atomic mass is 10.2. The molecule has 7 heteroatoms. The van der Waals surface area contributed by atoms with Gasteiger partial charge in [0.1, 0.15) is 10.4 Å². The third kappa shape index (κ3) is 2.86. The van der Waals surface area contributed by atoms with Crippen LogP contribution in [0.5, 0.6) is 0 Å². The van der Waals surface area contributed by atoms with Crippen molar-refractivity contribution in [3.63, 3.8) is 0 Å². The molecular formula is C13H13ClN2O3S. The lowest BCUT2D eigenvalue weighted by Gasteiger charge is -2.06. The number of aromatic nitrogens is 1. The van der Waals surface area contributed by atoms with Gasteiger partial charge in [0.15, 0.2) is 0 Å². The van der Waals surface area contributed by atoms with E-state index in [1.54, 1.807) is 31.5 Å². The number of nitrogens with one attached hydrogen (secondary N) is 2. The first kappa shape index (κ1) is 14.6. The number of anilines is 1. The fourth-order valence-corrected chi connectivity index (χ4v) is 2.76. The third-order valence-corrected chi connectivity index (χ3v) is 3.97. The van der Waals surface area contributed by atoms with Crippen LogP contribution in [0.1, 0.15) is 32.6 Å². The molecule has 0 radical (unpaired) electrons. The Hall–Kier alpha value is -1.79. The minimum atomic E-state index is -0.473. The first-order valence-electron chi connectivity index (χ1n) is 5.94. The summed E-state index contributed by atoms with van der Waals surface area (Å²) in [5.41, 5.74) is 1.35. The maximum atomic E-state index is 12.1. The smallest absolute Gasteiger partial charge is 0.342 e. The Morgan fingerprint density at radius 3 is 2.85 bits per heavy atom. The highest BCUT2D eigenvalue weighted by Gasteiger charge is 2.20. The molecule has 5 nitrogen and oxygen atoms in total. The van der Waals surface area contributed by atoms with Crippen molar-refractivity contribution in [1.29, 1.82) is 0 Å². The molecule has 0 atom stereocenters. The van der Waals surface area contributed by atoms with Crippen molar-refractivity contribution in [1.82, 2.24) is 4.98 Å². The standard InChI is InChI=1S/C13H13ClN2O3S/c1-3-19-13(18)10-7(2)15-6-9(10)16-12(17)11-8(14)4-5-20-11/h4-6,15H,3H2,1-2H3,(H,16,17). The monoisotopic (exact) mass is 312 g/mol. The van der Waals surface area contributed by atoms with E-state index in [0.717, 1.165) is 0 Å². The molecule has 2 N–H and O–H groups in total. The normalized spacial score (nSPS) is 10.3. The summed E-state index contributed by atoms with van der Waals surface area (Å²) < 4.78 is 4.97. The molecule has 0 aliphatic carbocycles. The number of hydrogen-bond acceptors (Lipinski definition) is 4. The maximum Gasteiger partial charge on any atom is 0.342 e. The molecule has 0 saturated heterocycles. The van der Waals surface area contributed by atoms with Gasteiger partial charge in [-0.15, -0.1) is 11.3 Å². The predicted molar refractivity (Wildman–Crippen MR) is 78.8 cm³/mol. The molecule has 2 heterocycles. The molecule has 106 valence electrons. The van der Waals surface area contributed by atoms with Crippen molar-refractivity contribution in [3.8, 4) is 0 Å². The van der Waals surface area contributed by atoms with Gasteiger partial charge in [-0.05, 0) is 25.3 Å². The molecule has 2 aromatic heterocycles. The van der Waals surface area contributed by atoms with Crippen LogP contribution in [0, 0.1) is 6.92 Å². The number of H-pyrrole nitrogens is 1. The van der Waals surface area contributed by atoms with Gasteiger partial charge in [0.2, 0.25) is 0 Å². The van der Waals surface area contributed by atoms with Crippen molar-refractivity contribution in [2.24, 2.45) is 0 Å². The van der Waals surface area contributed by atoms with Crippen LogP contribution in [-0.2, 0) is 4.74 Å². The van der Waals surface area contributed by atoms with Crippen molar-refractivity contribution >= 4 is 40.5 Å². The summed E-state index contributed by atoms with van der Waals surface area (Å²) in [7, 11) is 0. The second-order valence-electron chi connectivity index (χ2n) is 3.97. The quantitative estimate of drug-likeness (QED) is 0.849. The number of esters is 1. The molecule has 2 rings (SSSR count). The number of halogens is 1. The molecule has 0 aromatic carbocycles. The number of carbonyl (C=O) groups is 2. The molecule has 0 spiro atoms. The van der Waals surface area contributed by atoms with E-state index < -0.39 is 5.97 Å². The van der Waals surface area contributed by atoms with Gasteiger partial charge in [-0.1, -0.05) is 11.6 Å². The Morgan fingerprint density at radius 2 is 2.25 bits per heavy atom. The number of thiophene rings is 1. The maximum absolute atomic E-state index is 12.1. The van der Waals surface area contributed by atoms with Gasteiger partial charge < -0.3 is 15.0 Å². The fraction of sp³-hybridized carbons (Fsp3) is 0.231. The number of hydrogen-bond donors (Lipinski definition) is 2. The van der Waals surface area contributed by atoms with E-state index in [1.807, 2.05) is 0 Å². The highest BCUT2D eigenvalue weighted by Crippen LogP contribution is 2.25. The molecule has 0 aliphatic heterocycles. The second kappa shape index (κ2) is 6.11. The number of carbonyl (C=O) groups excluding carboxylic acids is 2. The van der Waals surface area contributed by atoms with Gasteiger partial charge in [0.05, 0.1) is 17.3 Å². The molecule has 0 bridgehead atoms. The number of aryl methyl sites for hydroxylation is 1. The number of amides is 1. The Morgan fingerprint density at radius 1 is 1.50 bits per heavy atom. The highest BCUT2D eigenvalue weighted by molar-refractivity contribution is 7.12. The van der Waals surface area contributed by atoms with E-state index in [9.17, 15) is 9.59 Å². The molecule has 0 saturated carbocycles. The minimum absolute atomic E-state index is 0.271. The first-order valence-corrected chi connectivity index (χ1v) is 7.19. The molecule has 0 unspecified atom stereocenters. The summed E-state index contributed by atoms with van der Waals surface area (Å²) >= 11 is 7.15. The summed E-state index contributed by atoms with van der Waals surface area (Å²) in [5.74, 6) is -0.826. The Kier molecular flexibility index (Phi) is 4.46. The summed E-state index contributed by atoms with van der Waals surface area (Å²) in [5, 5.41) is 4.78. The lowest BCUT2D eigenvalue weighted by molar-refractivity contribution is 0.0527. The number of aromatic amines is 1. The first-order chi connectivity index (χ1) is 9.54. The number of rotatable bonds is 4. The van der Waals surface area contributed by atoms with Crippen LogP contribution in [0.25, 0.3) is 0 Å². The van der Waals surface area contributed by atoms with Crippen LogP contribution in [0.3, 0.4) is 0 Å². The predicted octanol–water partition coefficient (Wildman–Crippen LogP) is 3.47. The average molecular weight is 313 g/mol. The van der Waals surface area contributed by atoms with E-state index in [1.165, 1.54) is 11.3 Å². The van der Waals surface area contributed by atoms with Crippen LogP contribution in [0.2, 0.25) is 5.02 Å². The van der Waals surface area contributed by atoms with Crippen LogP contribution in [0.4, 0.5) is 5.69 Å². The lowest BCUT2D eigenvalue weighted by Crippen LogP contribution is -2.14. The van der Waals surface area contributed by atoms with Crippen molar-refractivity contribution < 1.29 is 14.3 Å². The summed E-state index contributed by atoms with van der Waals surface area (Å²) in [6.07, 6.45) is 1.56. The van der Waals surface area contributed by atoms with Gasteiger partial charge in [-0.2, -0.15) is 0 Å². The van der Waals surface area contributed by atoms with Gasteiger partial charge in [0, 0.05) is 11.9 Å². The molecule has 20 heavy (non-hydrogen) atoms. The van der Waals surface area contributed by atoms with E-state index in [-0.39, 0.29) is 12.5 Å². The SMILES string of the molecule is CCOC(=O)c1c(NC(=O)c2sccc2Cl)c[nH]c1C. The van der Waals surface area contributed by atoms with Crippen LogP contribution in [0.15, 0.2) is 17.6 Å². The largest absolute Gasteiger partial charge is 0.462 e. The van der Waals surface area contributed by atoms with E-state index in [2.05, 4.69) is 10.3 Å². The van der Waals surface area contributed by atoms with E-state index in [4.69, 9.17) is 16.3 Å². The molecule has 0 aliphatic rings. The minimum Gasteiger partial charge on any atom is -0.462 e. The van der Waals surface area contributed by atoms with E-state index in [0.29, 0.717) is 26.8 Å². The van der Waals surface area contributed by atoms with Gasteiger partial charge in [0.25, 0.3) is 5.91 Å². The number of ether oxygens (including phenoxy) is 1. The van der Waals surface area contributed by atoms with E-state index >= 15 is 0 Å². The summed E-state index contributed by atoms with van der Waals surface area (Å²) in [4.78, 5) is 27.3. The fourth-order valence-electron chi connectivity index (χ4n) is 1.73. The zero-order valence-electron chi connectivity index (χ0n) is 11.0. The van der Waals surface area contributed by atoms with Crippen molar-refractivity contribution in [3.05, 3.63) is 38.8 Å². The Balaban J connectivity index is 2.24. The van der Waals surface area contributed by atoms with Crippen molar-refractivity contribution in [2.45, 2.75) is 13.8 Å². The second-order valence-corrected chi connectivity index (χ2v) is 5.30. The van der Waals surface area contributed by atoms with Crippen LogP contribution < -0.4 is 5.32 Å². The Labute approximate surface area is 124 Å². The molecule has 0 fully saturated rings. The summed E-state index contributed by atoms with van der Waals surface area (Å²) in [6.45, 7) is 3.73. The Bertz CT molecular complexity index is 648. The zero-order chi connectivity index (χ0) is 14.7. The summed E-state index contributed by atoms with van der Waals surface area (Å²) in [6, 6.07) is 1.65. The van der Waals surface area contributed by atoms with Crippen LogP contribution in [-0.4, -0.2) is 23.5 Å². The van der Waals surface area contributed by atoms with Gasteiger partial charge >= 0.3 is 5.97 Å². The van der Waals surface area contributed by atoms with Gasteiger partial charge in [-0.25, -0.2) is 4.79 Å². The van der Waals surface area contributed by atoms with Crippen molar-refractivity contribution in [2.75, 3.05) is 11.9 Å². The zero-order valence-corrected chi connectivity index (χ0v) is 12.5.